The van der Waals surface area contributed by atoms with Crippen LogP contribution in [0.4, 0.5) is 0 Å². The van der Waals surface area contributed by atoms with Gasteiger partial charge in [-0.1, -0.05) is 0 Å². The molecule has 0 bridgehead atoms. The minimum atomic E-state index is 0.313. The molecule has 4 nitrogen and oxygen atoms in total. The molecule has 0 spiro atoms. The first-order valence-electron chi connectivity index (χ1n) is 4.56. The number of ether oxygens (including phenoxy) is 1. The summed E-state index contributed by atoms with van der Waals surface area (Å²) in [6, 6.07) is 0. The second-order valence-corrected chi connectivity index (χ2v) is 3.54. The number of hydrogen-bond donors (Lipinski definition) is 1. The van der Waals surface area contributed by atoms with Crippen molar-refractivity contribution in [1.29, 1.82) is 0 Å². The number of aromatic nitrogens is 2. The lowest BCUT2D eigenvalue weighted by atomic mass is 10.2. The Bertz CT molecular complexity index is 315. The Morgan fingerprint density at radius 2 is 2.15 bits per heavy atom. The molecule has 1 N–H and O–H groups in total. The number of aryl methyl sites for hydroxylation is 1. The monoisotopic (exact) mass is 181 g/mol. The van der Waals surface area contributed by atoms with E-state index >= 15 is 0 Å². The number of hydrogen-bond acceptors (Lipinski definition) is 3. The zero-order valence-corrected chi connectivity index (χ0v) is 8.29. The van der Waals surface area contributed by atoms with E-state index < -0.39 is 0 Å². The second kappa shape index (κ2) is 3.03. The summed E-state index contributed by atoms with van der Waals surface area (Å²) < 4.78 is 7.55. The van der Waals surface area contributed by atoms with E-state index in [-0.39, 0.29) is 0 Å². The molecule has 0 amide bonds. The largest absolute Gasteiger partial charge is 0.470 e. The Balaban J connectivity index is 2.14. The summed E-state index contributed by atoms with van der Waals surface area (Å²) in [4.78, 5) is 0. The summed E-state index contributed by atoms with van der Waals surface area (Å²) in [6.45, 7) is 5.97. The topological polar surface area (TPSA) is 39.1 Å². The van der Waals surface area contributed by atoms with Crippen LogP contribution >= 0.6 is 0 Å². The third-order valence-electron chi connectivity index (χ3n) is 2.61. The molecule has 1 aromatic rings. The van der Waals surface area contributed by atoms with E-state index in [0.29, 0.717) is 6.10 Å². The van der Waals surface area contributed by atoms with E-state index in [0.717, 1.165) is 24.5 Å². The molecule has 2 rings (SSSR count). The highest BCUT2D eigenvalue weighted by molar-refractivity contribution is 5.29. The molecule has 0 unspecified atom stereocenters. The number of nitrogens with one attached hydrogen (secondary N) is 1. The minimum Gasteiger partial charge on any atom is -0.470 e. The molecule has 1 aliphatic rings. The molecule has 2 heterocycles. The predicted molar refractivity (Wildman–Crippen MR) is 50.0 cm³/mol. The SMILES string of the molecule is Cc1c(OC2CNC2)nn(C)c1C. The molecular formula is C9H15N3O. The Kier molecular flexibility index (Phi) is 2.00. The first kappa shape index (κ1) is 8.56. The van der Waals surface area contributed by atoms with Gasteiger partial charge in [-0.05, 0) is 13.8 Å². The smallest absolute Gasteiger partial charge is 0.236 e. The maximum absolute atomic E-state index is 5.69. The van der Waals surface area contributed by atoms with Gasteiger partial charge in [0.1, 0.15) is 6.10 Å². The van der Waals surface area contributed by atoms with E-state index in [2.05, 4.69) is 10.4 Å². The summed E-state index contributed by atoms with van der Waals surface area (Å²) in [5.74, 6) is 0.784. The van der Waals surface area contributed by atoms with Crippen molar-refractivity contribution in [2.24, 2.45) is 7.05 Å². The van der Waals surface area contributed by atoms with Gasteiger partial charge in [0.05, 0.1) is 0 Å². The van der Waals surface area contributed by atoms with Gasteiger partial charge in [0.15, 0.2) is 0 Å². The van der Waals surface area contributed by atoms with Crippen molar-refractivity contribution in [2.45, 2.75) is 20.0 Å². The van der Waals surface area contributed by atoms with Crippen LogP contribution in [-0.2, 0) is 7.05 Å². The van der Waals surface area contributed by atoms with E-state index in [1.54, 1.807) is 0 Å². The Labute approximate surface area is 77.9 Å². The molecule has 0 atom stereocenters. The molecular weight excluding hydrogens is 166 g/mol. The molecule has 1 saturated heterocycles. The van der Waals surface area contributed by atoms with Crippen LogP contribution in [0.5, 0.6) is 5.88 Å². The Hall–Kier alpha value is -1.03. The van der Waals surface area contributed by atoms with Crippen LogP contribution < -0.4 is 10.1 Å². The summed E-state index contributed by atoms with van der Waals surface area (Å²) in [6.07, 6.45) is 0.313. The number of rotatable bonds is 2. The first-order valence-corrected chi connectivity index (χ1v) is 4.56. The van der Waals surface area contributed by atoms with Crippen LogP contribution in [0.1, 0.15) is 11.3 Å². The quantitative estimate of drug-likeness (QED) is 0.717. The fraction of sp³-hybridized carbons (Fsp3) is 0.667. The lowest BCUT2D eigenvalue weighted by molar-refractivity contribution is 0.134. The average molecular weight is 181 g/mol. The van der Waals surface area contributed by atoms with Crippen molar-refractivity contribution in [1.82, 2.24) is 15.1 Å². The molecule has 72 valence electrons. The standard InChI is InChI=1S/C9H15N3O/c1-6-7(2)12(3)11-9(6)13-8-4-10-5-8/h8,10H,4-5H2,1-3H3. The maximum atomic E-state index is 5.69. The van der Waals surface area contributed by atoms with Crippen molar-refractivity contribution >= 4 is 0 Å². The van der Waals surface area contributed by atoms with Crippen molar-refractivity contribution in [3.63, 3.8) is 0 Å². The van der Waals surface area contributed by atoms with Gasteiger partial charge in [0.25, 0.3) is 0 Å². The van der Waals surface area contributed by atoms with Gasteiger partial charge in [-0.3, -0.25) is 4.68 Å². The van der Waals surface area contributed by atoms with Gasteiger partial charge in [-0.15, -0.1) is 5.10 Å². The summed E-state index contributed by atoms with van der Waals surface area (Å²) in [7, 11) is 1.94. The summed E-state index contributed by atoms with van der Waals surface area (Å²) in [5, 5.41) is 7.46. The van der Waals surface area contributed by atoms with Crippen LogP contribution in [0.2, 0.25) is 0 Å². The van der Waals surface area contributed by atoms with Crippen molar-refractivity contribution in [3.8, 4) is 5.88 Å². The van der Waals surface area contributed by atoms with Gasteiger partial charge in [-0.25, -0.2) is 0 Å². The molecule has 0 aromatic carbocycles. The van der Waals surface area contributed by atoms with Gasteiger partial charge >= 0.3 is 0 Å². The van der Waals surface area contributed by atoms with Crippen molar-refractivity contribution in [2.75, 3.05) is 13.1 Å². The Morgan fingerprint density at radius 3 is 2.54 bits per heavy atom. The van der Waals surface area contributed by atoms with Gasteiger partial charge in [-0.2, -0.15) is 0 Å². The van der Waals surface area contributed by atoms with Crippen molar-refractivity contribution in [3.05, 3.63) is 11.3 Å². The van der Waals surface area contributed by atoms with E-state index in [1.165, 1.54) is 5.69 Å². The van der Waals surface area contributed by atoms with Gasteiger partial charge in [0.2, 0.25) is 5.88 Å². The first-order chi connectivity index (χ1) is 6.18. The molecule has 0 saturated carbocycles. The maximum Gasteiger partial charge on any atom is 0.236 e. The fourth-order valence-electron chi connectivity index (χ4n) is 1.30. The lowest BCUT2D eigenvalue weighted by Gasteiger charge is -2.26. The van der Waals surface area contributed by atoms with E-state index in [1.807, 2.05) is 25.6 Å². The Morgan fingerprint density at radius 1 is 1.46 bits per heavy atom. The molecule has 1 fully saturated rings. The van der Waals surface area contributed by atoms with Crippen molar-refractivity contribution < 1.29 is 4.74 Å². The van der Waals surface area contributed by atoms with Gasteiger partial charge < -0.3 is 10.1 Å². The highest BCUT2D eigenvalue weighted by Crippen LogP contribution is 2.20. The molecule has 4 heteroatoms. The van der Waals surface area contributed by atoms with Gasteiger partial charge in [0, 0.05) is 31.4 Å². The molecule has 0 radical (unpaired) electrons. The van der Waals surface area contributed by atoms with E-state index in [4.69, 9.17) is 4.74 Å². The minimum absolute atomic E-state index is 0.313. The summed E-state index contributed by atoms with van der Waals surface area (Å²) >= 11 is 0. The molecule has 13 heavy (non-hydrogen) atoms. The van der Waals surface area contributed by atoms with E-state index in [9.17, 15) is 0 Å². The molecule has 1 aromatic heterocycles. The molecule has 1 aliphatic heterocycles. The third kappa shape index (κ3) is 1.42. The lowest BCUT2D eigenvalue weighted by Crippen LogP contribution is -2.50. The van der Waals surface area contributed by atoms with Crippen LogP contribution in [0.3, 0.4) is 0 Å². The zero-order chi connectivity index (χ0) is 9.42. The molecule has 0 aliphatic carbocycles. The summed E-state index contributed by atoms with van der Waals surface area (Å²) in [5.41, 5.74) is 2.32. The highest BCUT2D eigenvalue weighted by atomic mass is 16.5. The predicted octanol–water partition coefficient (Wildman–Crippen LogP) is 0.388. The van der Waals surface area contributed by atoms with Crippen LogP contribution in [0.25, 0.3) is 0 Å². The number of nitrogens with zero attached hydrogens (tertiary/aromatic N) is 2. The normalized spacial score (nSPS) is 17.2. The second-order valence-electron chi connectivity index (χ2n) is 3.54. The van der Waals surface area contributed by atoms with Crippen LogP contribution in [0.15, 0.2) is 0 Å². The zero-order valence-electron chi connectivity index (χ0n) is 8.29. The fourth-order valence-corrected chi connectivity index (χ4v) is 1.30. The van der Waals surface area contributed by atoms with Crippen LogP contribution in [0, 0.1) is 13.8 Å². The highest BCUT2D eigenvalue weighted by Gasteiger charge is 2.21. The third-order valence-corrected chi connectivity index (χ3v) is 2.61. The average Bonchev–Trinajstić information content (AvgIpc) is 2.26. The van der Waals surface area contributed by atoms with Crippen LogP contribution in [-0.4, -0.2) is 29.0 Å².